The molecule has 1 fully saturated rings. The van der Waals surface area contributed by atoms with Gasteiger partial charge in [-0.15, -0.1) is 11.3 Å². The van der Waals surface area contributed by atoms with Gasteiger partial charge in [0.25, 0.3) is 0 Å². The smallest absolute Gasteiger partial charge is 0.225 e. The highest BCUT2D eigenvalue weighted by Crippen LogP contribution is 2.28. The highest BCUT2D eigenvalue weighted by Gasteiger charge is 2.36. The summed E-state index contributed by atoms with van der Waals surface area (Å²) in [6.07, 6.45) is 1.01. The quantitative estimate of drug-likeness (QED) is 0.876. The minimum absolute atomic E-state index is 0.00786. The molecule has 0 unspecified atom stereocenters. The minimum Gasteiger partial charge on any atom is -0.355 e. The topological polar surface area (TPSA) is 62.3 Å². The zero-order chi connectivity index (χ0) is 16.9. The average molecular weight is 343 g/mol. The molecule has 1 aromatic heterocycles. The van der Waals surface area contributed by atoms with Crippen molar-refractivity contribution in [2.45, 2.75) is 25.8 Å². The van der Waals surface area contributed by atoms with Crippen LogP contribution in [0.15, 0.2) is 41.2 Å². The van der Waals surface area contributed by atoms with Gasteiger partial charge >= 0.3 is 0 Å². The molecule has 1 aliphatic rings. The molecule has 1 aromatic carbocycles. The molecule has 0 aliphatic carbocycles. The molecule has 1 saturated heterocycles. The first-order chi connectivity index (χ1) is 11.6. The van der Waals surface area contributed by atoms with E-state index in [-0.39, 0.29) is 23.8 Å². The molecule has 5 nitrogen and oxygen atoms in total. The zero-order valence-electron chi connectivity index (χ0n) is 13.6. The molecule has 24 heavy (non-hydrogen) atoms. The number of amides is 2. The molecule has 1 N–H and O–H groups in total. The van der Waals surface area contributed by atoms with Gasteiger partial charge in [-0.25, -0.2) is 4.98 Å². The number of aromatic nitrogens is 1. The number of nitrogens with one attached hydrogen (secondary N) is 1. The van der Waals surface area contributed by atoms with Gasteiger partial charge in [-0.05, 0) is 12.5 Å². The van der Waals surface area contributed by atoms with Crippen molar-refractivity contribution in [2.75, 3.05) is 13.1 Å². The zero-order valence-corrected chi connectivity index (χ0v) is 14.5. The highest BCUT2D eigenvalue weighted by atomic mass is 32.1. The number of nitrogens with zero attached hydrogens (tertiary/aromatic N) is 2. The number of hydrogen-bond donors (Lipinski definition) is 1. The summed E-state index contributed by atoms with van der Waals surface area (Å²) in [5, 5.41) is 4.91. The van der Waals surface area contributed by atoms with Gasteiger partial charge in [0.05, 0.1) is 23.2 Å². The molecule has 126 valence electrons. The standard InChI is InChI=1S/C18H21N3O2S/c1-13(14-5-3-2-4-6-14)21-10-15(9-17(21)22)18(23)19-8-7-16-11-24-12-20-16/h2-6,11-13,15H,7-10H2,1H3,(H,19,23)/t13-,15-/m0/s1. The van der Waals surface area contributed by atoms with E-state index in [1.165, 1.54) is 0 Å². The van der Waals surface area contributed by atoms with Crippen LogP contribution in [0.5, 0.6) is 0 Å². The second-order valence-corrected chi connectivity index (χ2v) is 6.77. The first kappa shape index (κ1) is 16.6. The molecule has 2 heterocycles. The van der Waals surface area contributed by atoms with Crippen molar-refractivity contribution in [2.24, 2.45) is 5.92 Å². The maximum Gasteiger partial charge on any atom is 0.225 e. The van der Waals surface area contributed by atoms with Crippen LogP contribution in [0.2, 0.25) is 0 Å². The van der Waals surface area contributed by atoms with Gasteiger partial charge in [0, 0.05) is 31.3 Å². The summed E-state index contributed by atoms with van der Waals surface area (Å²) in [5.41, 5.74) is 3.87. The summed E-state index contributed by atoms with van der Waals surface area (Å²) < 4.78 is 0. The Hall–Kier alpha value is -2.21. The Kier molecular flexibility index (Phi) is 5.25. The van der Waals surface area contributed by atoms with Gasteiger partial charge in [-0.1, -0.05) is 30.3 Å². The molecule has 2 aromatic rings. The lowest BCUT2D eigenvalue weighted by atomic mass is 10.1. The van der Waals surface area contributed by atoms with E-state index in [2.05, 4.69) is 10.3 Å². The van der Waals surface area contributed by atoms with Gasteiger partial charge in [0.1, 0.15) is 0 Å². The summed E-state index contributed by atoms with van der Waals surface area (Å²) in [7, 11) is 0. The number of likely N-dealkylation sites (tertiary alicyclic amines) is 1. The third kappa shape index (κ3) is 3.82. The Balaban J connectivity index is 1.53. The van der Waals surface area contributed by atoms with Crippen LogP contribution in [-0.4, -0.2) is 34.8 Å². The van der Waals surface area contributed by atoms with Gasteiger partial charge in [-0.2, -0.15) is 0 Å². The molecule has 0 bridgehead atoms. The monoisotopic (exact) mass is 343 g/mol. The third-order valence-electron chi connectivity index (χ3n) is 4.44. The van der Waals surface area contributed by atoms with Crippen molar-refractivity contribution in [3.8, 4) is 0 Å². The SMILES string of the molecule is C[C@@H](c1ccccc1)N1C[C@@H](C(=O)NCCc2cscn2)CC1=O. The van der Waals surface area contributed by atoms with E-state index >= 15 is 0 Å². The van der Waals surface area contributed by atoms with Crippen molar-refractivity contribution in [3.05, 3.63) is 52.5 Å². The van der Waals surface area contributed by atoms with Crippen LogP contribution in [0.1, 0.15) is 30.6 Å². The van der Waals surface area contributed by atoms with E-state index < -0.39 is 0 Å². The fraction of sp³-hybridized carbons (Fsp3) is 0.389. The normalized spacial score (nSPS) is 18.6. The lowest BCUT2D eigenvalue weighted by Gasteiger charge is -2.25. The Labute approximate surface area is 145 Å². The minimum atomic E-state index is -0.265. The predicted octanol–water partition coefficient (Wildman–Crippen LogP) is 2.41. The summed E-state index contributed by atoms with van der Waals surface area (Å²) in [6.45, 7) is 3.05. The largest absolute Gasteiger partial charge is 0.355 e. The van der Waals surface area contributed by atoms with Gasteiger partial charge in [0.15, 0.2) is 0 Å². The summed E-state index contributed by atoms with van der Waals surface area (Å²) >= 11 is 1.55. The van der Waals surface area contributed by atoms with Crippen molar-refractivity contribution in [3.63, 3.8) is 0 Å². The number of hydrogen-bond acceptors (Lipinski definition) is 4. The number of rotatable bonds is 6. The van der Waals surface area contributed by atoms with E-state index in [0.717, 1.165) is 17.7 Å². The Morgan fingerprint density at radius 2 is 2.21 bits per heavy atom. The van der Waals surface area contributed by atoms with Crippen LogP contribution in [0.25, 0.3) is 0 Å². The molecular formula is C18H21N3O2S. The van der Waals surface area contributed by atoms with Crippen LogP contribution < -0.4 is 5.32 Å². The Bertz CT molecular complexity index is 688. The lowest BCUT2D eigenvalue weighted by molar-refractivity contribution is -0.130. The Morgan fingerprint density at radius 3 is 2.92 bits per heavy atom. The maximum absolute atomic E-state index is 12.3. The molecule has 0 radical (unpaired) electrons. The molecular weight excluding hydrogens is 322 g/mol. The van der Waals surface area contributed by atoms with Crippen molar-refractivity contribution >= 4 is 23.2 Å². The molecule has 6 heteroatoms. The van der Waals surface area contributed by atoms with Gasteiger partial charge in [0.2, 0.25) is 11.8 Å². The number of thiazole rings is 1. The molecule has 2 atom stereocenters. The van der Waals surface area contributed by atoms with E-state index in [1.807, 2.05) is 42.6 Å². The number of carbonyl (C=O) groups excluding carboxylic acids is 2. The summed E-state index contributed by atoms with van der Waals surface area (Å²) in [6, 6.07) is 9.91. The fourth-order valence-corrected chi connectivity index (χ4v) is 3.61. The fourth-order valence-electron chi connectivity index (χ4n) is 3.01. The molecule has 0 saturated carbocycles. The summed E-state index contributed by atoms with van der Waals surface area (Å²) in [5.74, 6) is -0.258. The highest BCUT2D eigenvalue weighted by molar-refractivity contribution is 7.07. The third-order valence-corrected chi connectivity index (χ3v) is 5.08. The second-order valence-electron chi connectivity index (χ2n) is 6.05. The van der Waals surface area contributed by atoms with Crippen LogP contribution in [0.4, 0.5) is 0 Å². The Morgan fingerprint density at radius 1 is 1.42 bits per heavy atom. The number of benzene rings is 1. The molecule has 3 rings (SSSR count). The second kappa shape index (κ2) is 7.57. The van der Waals surface area contributed by atoms with Crippen molar-refractivity contribution in [1.29, 1.82) is 0 Å². The lowest BCUT2D eigenvalue weighted by Crippen LogP contribution is -2.34. The summed E-state index contributed by atoms with van der Waals surface area (Å²) in [4.78, 5) is 30.6. The van der Waals surface area contributed by atoms with E-state index in [1.54, 1.807) is 21.7 Å². The van der Waals surface area contributed by atoms with Crippen LogP contribution in [0, 0.1) is 5.92 Å². The average Bonchev–Trinajstić information content (AvgIpc) is 3.24. The van der Waals surface area contributed by atoms with Crippen LogP contribution in [-0.2, 0) is 16.0 Å². The first-order valence-corrected chi connectivity index (χ1v) is 9.08. The first-order valence-electron chi connectivity index (χ1n) is 8.14. The van der Waals surface area contributed by atoms with E-state index in [4.69, 9.17) is 0 Å². The predicted molar refractivity (Wildman–Crippen MR) is 93.5 cm³/mol. The van der Waals surface area contributed by atoms with Crippen molar-refractivity contribution < 1.29 is 9.59 Å². The molecule has 0 spiro atoms. The van der Waals surface area contributed by atoms with Gasteiger partial charge < -0.3 is 10.2 Å². The van der Waals surface area contributed by atoms with Gasteiger partial charge in [-0.3, -0.25) is 9.59 Å². The van der Waals surface area contributed by atoms with Crippen molar-refractivity contribution in [1.82, 2.24) is 15.2 Å². The van der Waals surface area contributed by atoms with E-state index in [9.17, 15) is 9.59 Å². The molecule has 1 aliphatic heterocycles. The van der Waals surface area contributed by atoms with Crippen LogP contribution >= 0.6 is 11.3 Å². The van der Waals surface area contributed by atoms with Crippen LogP contribution in [0.3, 0.4) is 0 Å². The number of carbonyl (C=O) groups is 2. The molecule has 2 amide bonds. The maximum atomic E-state index is 12.3. The van der Waals surface area contributed by atoms with E-state index in [0.29, 0.717) is 19.5 Å².